The van der Waals surface area contributed by atoms with Gasteiger partial charge in [-0.1, -0.05) is 30.3 Å². The molecule has 2 atom stereocenters. The molecule has 2 heterocycles. The van der Waals surface area contributed by atoms with E-state index < -0.39 is 0 Å². The molecule has 1 aliphatic heterocycles. The summed E-state index contributed by atoms with van der Waals surface area (Å²) >= 11 is 0. The van der Waals surface area contributed by atoms with Crippen molar-refractivity contribution in [3.05, 3.63) is 60.4 Å². The van der Waals surface area contributed by atoms with Gasteiger partial charge in [-0.05, 0) is 24.6 Å². The average Bonchev–Trinajstić information content (AvgIpc) is 2.68. The molecule has 0 aliphatic carbocycles. The third-order valence-corrected chi connectivity index (χ3v) is 4.33. The molecule has 6 heteroatoms. The van der Waals surface area contributed by atoms with E-state index in [0.29, 0.717) is 25.4 Å². The summed E-state index contributed by atoms with van der Waals surface area (Å²) in [6.07, 6.45) is 3.39. The number of rotatable bonds is 5. The molecule has 1 fully saturated rings. The zero-order valence-corrected chi connectivity index (χ0v) is 14.4. The number of pyridine rings is 1. The van der Waals surface area contributed by atoms with Crippen molar-refractivity contribution in [2.75, 3.05) is 26.2 Å². The minimum absolute atomic E-state index is 0.0167. The summed E-state index contributed by atoms with van der Waals surface area (Å²) in [6, 6.07) is 13.6. The van der Waals surface area contributed by atoms with Gasteiger partial charge in [-0.15, -0.1) is 0 Å². The first kappa shape index (κ1) is 17.2. The molecule has 0 spiro atoms. The van der Waals surface area contributed by atoms with Gasteiger partial charge in [0.05, 0.1) is 18.3 Å². The highest BCUT2D eigenvalue weighted by Gasteiger charge is 2.28. The summed E-state index contributed by atoms with van der Waals surface area (Å²) in [4.78, 5) is 18.6. The van der Waals surface area contributed by atoms with Gasteiger partial charge in [0.1, 0.15) is 12.4 Å². The van der Waals surface area contributed by atoms with Gasteiger partial charge in [0.15, 0.2) is 0 Å². The fourth-order valence-electron chi connectivity index (χ4n) is 2.90. The first-order chi connectivity index (χ1) is 12.2. The van der Waals surface area contributed by atoms with Crippen LogP contribution in [0.2, 0.25) is 0 Å². The molecular weight excluding hydrogens is 316 g/mol. The summed E-state index contributed by atoms with van der Waals surface area (Å²) in [5, 5.41) is 6.41. The normalized spacial score (nSPS) is 18.4. The van der Waals surface area contributed by atoms with Crippen molar-refractivity contribution in [2.45, 2.75) is 19.0 Å². The first-order valence-corrected chi connectivity index (χ1v) is 8.59. The highest BCUT2D eigenvalue weighted by atomic mass is 16.5. The molecule has 6 nitrogen and oxygen atoms in total. The Labute approximate surface area is 148 Å². The Hall–Kier alpha value is -2.60. The van der Waals surface area contributed by atoms with E-state index in [9.17, 15) is 4.79 Å². The van der Waals surface area contributed by atoms with E-state index in [1.807, 2.05) is 54.3 Å². The zero-order valence-electron chi connectivity index (χ0n) is 14.4. The van der Waals surface area contributed by atoms with E-state index in [0.717, 1.165) is 12.1 Å². The van der Waals surface area contributed by atoms with Crippen LogP contribution < -0.4 is 15.4 Å². The molecule has 0 radical (unpaired) electrons. The molecule has 1 aliphatic rings. The number of benzene rings is 1. The van der Waals surface area contributed by atoms with Gasteiger partial charge in [-0.3, -0.25) is 4.98 Å². The summed E-state index contributed by atoms with van der Waals surface area (Å²) in [5.74, 6) is 0.714. The monoisotopic (exact) mass is 340 g/mol. The van der Waals surface area contributed by atoms with Crippen LogP contribution in [0, 0.1) is 0 Å². The number of carbonyl (C=O) groups excluding carboxylic acids is 1. The second-order valence-corrected chi connectivity index (χ2v) is 6.13. The fraction of sp³-hybridized carbons (Fsp3) is 0.368. The molecule has 1 aromatic carbocycles. The van der Waals surface area contributed by atoms with Crippen LogP contribution in [0.25, 0.3) is 0 Å². The van der Waals surface area contributed by atoms with E-state index in [-0.39, 0.29) is 18.1 Å². The standard InChI is InChI=1S/C19H24N4O2/c1-15(16-6-3-2-4-7-16)22-19(24)23-11-10-21-12-17(23)14-25-18-8-5-9-20-13-18/h2-9,13,15,17,21H,10-12,14H2,1H3,(H,22,24)/t15-,17+/m0/s1. The number of amides is 2. The predicted molar refractivity (Wildman–Crippen MR) is 96.5 cm³/mol. The van der Waals surface area contributed by atoms with E-state index in [1.54, 1.807) is 12.4 Å². The minimum atomic E-state index is -0.0577. The number of nitrogens with one attached hydrogen (secondary N) is 2. The fourth-order valence-corrected chi connectivity index (χ4v) is 2.90. The van der Waals surface area contributed by atoms with Gasteiger partial charge in [-0.25, -0.2) is 4.79 Å². The molecule has 2 N–H and O–H groups in total. The maximum atomic E-state index is 12.7. The molecule has 0 unspecified atom stereocenters. The van der Waals surface area contributed by atoms with Crippen molar-refractivity contribution in [3.8, 4) is 5.75 Å². The third kappa shape index (κ3) is 4.70. The number of hydrogen-bond donors (Lipinski definition) is 2. The number of hydrogen-bond acceptors (Lipinski definition) is 4. The SMILES string of the molecule is C[C@H](NC(=O)N1CCNC[C@@H]1COc1cccnc1)c1ccccc1. The van der Waals surface area contributed by atoms with E-state index in [4.69, 9.17) is 4.74 Å². The number of nitrogens with zero attached hydrogens (tertiary/aromatic N) is 2. The molecule has 132 valence electrons. The number of aromatic nitrogens is 1. The third-order valence-electron chi connectivity index (χ3n) is 4.33. The molecule has 3 rings (SSSR count). The molecular formula is C19H24N4O2. The largest absolute Gasteiger partial charge is 0.490 e. The molecule has 2 aromatic rings. The zero-order chi connectivity index (χ0) is 17.5. The van der Waals surface area contributed by atoms with Crippen LogP contribution in [0.1, 0.15) is 18.5 Å². The Kier molecular flexibility index (Phi) is 5.85. The lowest BCUT2D eigenvalue weighted by Crippen LogP contribution is -2.58. The first-order valence-electron chi connectivity index (χ1n) is 8.59. The molecule has 25 heavy (non-hydrogen) atoms. The Balaban J connectivity index is 1.59. The van der Waals surface area contributed by atoms with Gasteiger partial charge in [0.25, 0.3) is 0 Å². The second kappa shape index (κ2) is 8.48. The van der Waals surface area contributed by atoms with E-state index >= 15 is 0 Å². The maximum absolute atomic E-state index is 12.7. The van der Waals surface area contributed by atoms with E-state index in [2.05, 4.69) is 15.6 Å². The smallest absolute Gasteiger partial charge is 0.318 e. The van der Waals surface area contributed by atoms with Gasteiger partial charge in [-0.2, -0.15) is 0 Å². The Morgan fingerprint density at radius 1 is 1.36 bits per heavy atom. The van der Waals surface area contributed by atoms with Crippen molar-refractivity contribution < 1.29 is 9.53 Å². The number of piperazine rings is 1. The number of carbonyl (C=O) groups is 1. The van der Waals surface area contributed by atoms with Crippen molar-refractivity contribution in [3.63, 3.8) is 0 Å². The van der Waals surface area contributed by atoms with Gasteiger partial charge >= 0.3 is 6.03 Å². The highest BCUT2D eigenvalue weighted by Crippen LogP contribution is 2.14. The van der Waals surface area contributed by atoms with Crippen LogP contribution in [0.3, 0.4) is 0 Å². The molecule has 1 saturated heterocycles. The molecule has 2 amide bonds. The minimum Gasteiger partial charge on any atom is -0.490 e. The topological polar surface area (TPSA) is 66.5 Å². The van der Waals surface area contributed by atoms with Crippen molar-refractivity contribution >= 4 is 6.03 Å². The summed E-state index contributed by atoms with van der Waals surface area (Å²) in [7, 11) is 0. The van der Waals surface area contributed by atoms with Crippen LogP contribution >= 0.6 is 0 Å². The lowest BCUT2D eigenvalue weighted by Gasteiger charge is -2.36. The van der Waals surface area contributed by atoms with Crippen molar-refractivity contribution in [2.24, 2.45) is 0 Å². The van der Waals surface area contributed by atoms with Gasteiger partial charge in [0, 0.05) is 25.8 Å². The van der Waals surface area contributed by atoms with Crippen LogP contribution in [-0.2, 0) is 0 Å². The van der Waals surface area contributed by atoms with Crippen LogP contribution in [-0.4, -0.2) is 48.2 Å². The quantitative estimate of drug-likeness (QED) is 0.876. The van der Waals surface area contributed by atoms with Crippen LogP contribution in [0.4, 0.5) is 4.79 Å². The van der Waals surface area contributed by atoms with Crippen molar-refractivity contribution in [1.82, 2.24) is 20.5 Å². The summed E-state index contributed by atoms with van der Waals surface area (Å²) < 4.78 is 5.79. The Morgan fingerprint density at radius 2 is 2.20 bits per heavy atom. The molecule has 0 bridgehead atoms. The average molecular weight is 340 g/mol. The number of ether oxygens (including phenoxy) is 1. The van der Waals surface area contributed by atoms with Crippen LogP contribution in [0.15, 0.2) is 54.9 Å². The summed E-state index contributed by atoms with van der Waals surface area (Å²) in [5.41, 5.74) is 1.09. The van der Waals surface area contributed by atoms with Crippen LogP contribution in [0.5, 0.6) is 5.75 Å². The second-order valence-electron chi connectivity index (χ2n) is 6.13. The lowest BCUT2D eigenvalue weighted by molar-refractivity contribution is 0.122. The molecule has 1 aromatic heterocycles. The Bertz CT molecular complexity index is 666. The lowest BCUT2D eigenvalue weighted by atomic mass is 10.1. The summed E-state index contributed by atoms with van der Waals surface area (Å²) in [6.45, 7) is 4.60. The molecule has 0 saturated carbocycles. The highest BCUT2D eigenvalue weighted by molar-refractivity contribution is 5.75. The predicted octanol–water partition coefficient (Wildman–Crippen LogP) is 2.20. The van der Waals surface area contributed by atoms with Crippen molar-refractivity contribution in [1.29, 1.82) is 0 Å². The van der Waals surface area contributed by atoms with Gasteiger partial charge < -0.3 is 20.3 Å². The number of urea groups is 1. The van der Waals surface area contributed by atoms with E-state index in [1.165, 1.54) is 0 Å². The Morgan fingerprint density at radius 3 is 2.96 bits per heavy atom. The van der Waals surface area contributed by atoms with Gasteiger partial charge in [0.2, 0.25) is 0 Å². The maximum Gasteiger partial charge on any atom is 0.318 e.